The number of sulfone groups is 1. The zero-order valence-electron chi connectivity index (χ0n) is 13.3. The molecule has 1 aromatic rings. The molecule has 23 heavy (non-hydrogen) atoms. The molecule has 1 N–H and O–H groups in total. The monoisotopic (exact) mass is 362 g/mol. The standard InChI is InChI=1S/C13H22N4O4S2/c1-3-8-23(20,21)16-12-5-6-13(15-14-12)17(4-2)11-7-9-22(18,19)10-11/h5-6,11H,3-4,7-10H2,1-2H3,(H,14,16). The zero-order chi connectivity index (χ0) is 17.1. The molecule has 1 aliphatic rings. The first kappa shape index (κ1) is 17.9. The van der Waals surface area contributed by atoms with Crippen LogP contribution in [0.15, 0.2) is 12.1 Å². The summed E-state index contributed by atoms with van der Waals surface area (Å²) >= 11 is 0. The summed E-state index contributed by atoms with van der Waals surface area (Å²) in [5.41, 5.74) is 0. The summed E-state index contributed by atoms with van der Waals surface area (Å²) in [5.74, 6) is 1.05. The lowest BCUT2D eigenvalue weighted by molar-refractivity contribution is 0.597. The Morgan fingerprint density at radius 3 is 2.52 bits per heavy atom. The quantitative estimate of drug-likeness (QED) is 0.758. The molecule has 1 aromatic heterocycles. The molecule has 0 amide bonds. The van der Waals surface area contributed by atoms with Crippen LogP contribution in [0.25, 0.3) is 0 Å². The Kier molecular flexibility index (Phi) is 5.45. The van der Waals surface area contributed by atoms with E-state index in [1.165, 1.54) is 0 Å². The average Bonchev–Trinajstić information content (AvgIpc) is 2.81. The number of nitrogens with zero attached hydrogens (tertiary/aromatic N) is 3. The van der Waals surface area contributed by atoms with Crippen molar-refractivity contribution < 1.29 is 16.8 Å². The molecule has 1 fully saturated rings. The second-order valence-corrected chi connectivity index (χ2v) is 9.61. The Morgan fingerprint density at radius 1 is 1.30 bits per heavy atom. The molecule has 1 aliphatic heterocycles. The Hall–Kier alpha value is -1.42. The fourth-order valence-electron chi connectivity index (χ4n) is 2.64. The molecule has 0 spiro atoms. The number of aromatic nitrogens is 2. The summed E-state index contributed by atoms with van der Waals surface area (Å²) in [6, 6.07) is 3.09. The number of rotatable bonds is 7. The van der Waals surface area contributed by atoms with Crippen LogP contribution in [-0.2, 0) is 19.9 Å². The van der Waals surface area contributed by atoms with Gasteiger partial charge in [-0.05, 0) is 31.9 Å². The van der Waals surface area contributed by atoms with Gasteiger partial charge in [-0.2, -0.15) is 0 Å². The van der Waals surface area contributed by atoms with Crippen LogP contribution in [0.3, 0.4) is 0 Å². The van der Waals surface area contributed by atoms with Crippen molar-refractivity contribution in [3.8, 4) is 0 Å². The minimum absolute atomic E-state index is 0.0252. The summed E-state index contributed by atoms with van der Waals surface area (Å²) in [6.45, 7) is 4.31. The van der Waals surface area contributed by atoms with Gasteiger partial charge < -0.3 is 4.90 Å². The minimum Gasteiger partial charge on any atom is -0.351 e. The number of hydrogen-bond donors (Lipinski definition) is 1. The maximum atomic E-state index is 11.7. The van der Waals surface area contributed by atoms with Gasteiger partial charge in [0.25, 0.3) is 0 Å². The molecule has 1 atom stereocenters. The van der Waals surface area contributed by atoms with Crippen molar-refractivity contribution in [3.63, 3.8) is 0 Å². The number of nitrogens with one attached hydrogen (secondary N) is 1. The maximum absolute atomic E-state index is 11.7. The van der Waals surface area contributed by atoms with Crippen molar-refractivity contribution in [2.75, 3.05) is 33.4 Å². The van der Waals surface area contributed by atoms with Gasteiger partial charge in [-0.3, -0.25) is 4.72 Å². The van der Waals surface area contributed by atoms with Crippen LogP contribution in [0.1, 0.15) is 26.7 Å². The van der Waals surface area contributed by atoms with E-state index < -0.39 is 19.9 Å². The second-order valence-electron chi connectivity index (χ2n) is 5.54. The van der Waals surface area contributed by atoms with Crippen molar-refractivity contribution in [1.82, 2.24) is 10.2 Å². The van der Waals surface area contributed by atoms with E-state index in [2.05, 4.69) is 14.9 Å². The van der Waals surface area contributed by atoms with Gasteiger partial charge in [0, 0.05) is 12.6 Å². The Bertz CT molecular complexity index is 732. The highest BCUT2D eigenvalue weighted by molar-refractivity contribution is 7.92. The van der Waals surface area contributed by atoms with E-state index in [1.54, 1.807) is 19.1 Å². The third-order valence-corrected chi connectivity index (χ3v) is 6.88. The van der Waals surface area contributed by atoms with Gasteiger partial charge in [0.05, 0.1) is 17.3 Å². The highest BCUT2D eigenvalue weighted by atomic mass is 32.2. The zero-order valence-corrected chi connectivity index (χ0v) is 14.9. The van der Waals surface area contributed by atoms with Gasteiger partial charge in [-0.15, -0.1) is 10.2 Å². The lowest BCUT2D eigenvalue weighted by Gasteiger charge is -2.27. The van der Waals surface area contributed by atoms with Gasteiger partial charge in [0.2, 0.25) is 10.0 Å². The predicted octanol–water partition coefficient (Wildman–Crippen LogP) is 0.642. The van der Waals surface area contributed by atoms with Gasteiger partial charge >= 0.3 is 0 Å². The van der Waals surface area contributed by atoms with Crippen LogP contribution >= 0.6 is 0 Å². The van der Waals surface area contributed by atoms with E-state index in [9.17, 15) is 16.8 Å². The summed E-state index contributed by atoms with van der Waals surface area (Å²) < 4.78 is 49.0. The van der Waals surface area contributed by atoms with Crippen LogP contribution in [0.2, 0.25) is 0 Å². The first-order chi connectivity index (χ1) is 10.8. The van der Waals surface area contributed by atoms with E-state index in [1.807, 2.05) is 11.8 Å². The number of hydrogen-bond acceptors (Lipinski definition) is 7. The summed E-state index contributed by atoms with van der Waals surface area (Å²) in [5, 5.41) is 7.93. The molecule has 0 aromatic carbocycles. The molecule has 1 unspecified atom stereocenters. The molecule has 0 aliphatic carbocycles. The second kappa shape index (κ2) is 7.00. The van der Waals surface area contributed by atoms with E-state index in [4.69, 9.17) is 0 Å². The maximum Gasteiger partial charge on any atom is 0.233 e. The summed E-state index contributed by atoms with van der Waals surface area (Å²) in [6.07, 6.45) is 1.09. The van der Waals surface area contributed by atoms with Crippen molar-refractivity contribution in [2.24, 2.45) is 0 Å². The molecule has 2 rings (SSSR count). The fraction of sp³-hybridized carbons (Fsp3) is 0.692. The van der Waals surface area contributed by atoms with Crippen molar-refractivity contribution in [2.45, 2.75) is 32.7 Å². The Balaban J connectivity index is 2.11. The highest BCUT2D eigenvalue weighted by Gasteiger charge is 2.32. The highest BCUT2D eigenvalue weighted by Crippen LogP contribution is 2.22. The molecule has 8 nitrogen and oxygen atoms in total. The summed E-state index contributed by atoms with van der Waals surface area (Å²) in [4.78, 5) is 1.89. The Morgan fingerprint density at radius 2 is 2.04 bits per heavy atom. The van der Waals surface area contributed by atoms with E-state index >= 15 is 0 Å². The molecule has 0 bridgehead atoms. The van der Waals surface area contributed by atoms with Crippen LogP contribution in [0, 0.1) is 0 Å². The van der Waals surface area contributed by atoms with Crippen molar-refractivity contribution in [3.05, 3.63) is 12.1 Å². The Labute approximate surface area is 137 Å². The van der Waals surface area contributed by atoms with E-state index in [-0.39, 0.29) is 29.1 Å². The molecule has 1 saturated heterocycles. The molecule has 130 valence electrons. The number of sulfonamides is 1. The predicted molar refractivity (Wildman–Crippen MR) is 89.8 cm³/mol. The third-order valence-electron chi connectivity index (χ3n) is 3.67. The first-order valence-electron chi connectivity index (χ1n) is 7.57. The fourth-order valence-corrected chi connectivity index (χ4v) is 5.44. The third kappa shape index (κ3) is 4.77. The first-order valence-corrected chi connectivity index (χ1v) is 11.0. The average molecular weight is 362 g/mol. The van der Waals surface area contributed by atoms with Crippen LogP contribution in [0.4, 0.5) is 11.6 Å². The molecular formula is C13H22N4O4S2. The lowest BCUT2D eigenvalue weighted by atomic mass is 10.2. The molecule has 0 saturated carbocycles. The van der Waals surface area contributed by atoms with Gasteiger partial charge in [0.1, 0.15) is 0 Å². The van der Waals surface area contributed by atoms with Crippen molar-refractivity contribution in [1.29, 1.82) is 0 Å². The topological polar surface area (TPSA) is 109 Å². The van der Waals surface area contributed by atoms with E-state index in [0.29, 0.717) is 25.2 Å². The number of anilines is 2. The summed E-state index contributed by atoms with van der Waals surface area (Å²) in [7, 11) is -6.38. The minimum atomic E-state index is -3.40. The van der Waals surface area contributed by atoms with Crippen LogP contribution in [0.5, 0.6) is 0 Å². The molecule has 2 heterocycles. The van der Waals surface area contributed by atoms with Gasteiger partial charge in [0.15, 0.2) is 21.5 Å². The van der Waals surface area contributed by atoms with Crippen LogP contribution in [-0.4, -0.2) is 56.9 Å². The smallest absolute Gasteiger partial charge is 0.233 e. The van der Waals surface area contributed by atoms with Crippen LogP contribution < -0.4 is 9.62 Å². The van der Waals surface area contributed by atoms with Gasteiger partial charge in [-0.1, -0.05) is 6.92 Å². The van der Waals surface area contributed by atoms with Crippen molar-refractivity contribution >= 4 is 31.5 Å². The lowest BCUT2D eigenvalue weighted by Crippen LogP contribution is -2.36. The normalized spacial score (nSPS) is 20.3. The SMILES string of the molecule is CCCS(=O)(=O)Nc1ccc(N(CC)C2CCS(=O)(=O)C2)nn1. The molecule has 0 radical (unpaired) electrons. The largest absolute Gasteiger partial charge is 0.351 e. The van der Waals surface area contributed by atoms with Gasteiger partial charge in [-0.25, -0.2) is 16.8 Å². The van der Waals surface area contributed by atoms with E-state index in [0.717, 1.165) is 0 Å². The molecular weight excluding hydrogens is 340 g/mol. The molecule has 10 heteroatoms.